The second kappa shape index (κ2) is 5.15. The average molecular weight is 210 g/mol. The SMILES string of the molecule is C=CC(CC)=C(F)C1=C(C)CCC(C)O1. The van der Waals surface area contributed by atoms with Gasteiger partial charge in [-0.2, -0.15) is 0 Å². The van der Waals surface area contributed by atoms with Crippen molar-refractivity contribution in [3.05, 3.63) is 35.4 Å². The summed E-state index contributed by atoms with van der Waals surface area (Å²) in [5.74, 6) is 0.196. The first kappa shape index (κ1) is 12.0. The molecule has 84 valence electrons. The summed E-state index contributed by atoms with van der Waals surface area (Å²) in [6.07, 6.45) is 4.20. The van der Waals surface area contributed by atoms with E-state index in [1.165, 1.54) is 0 Å². The maximum atomic E-state index is 14.0. The smallest absolute Gasteiger partial charge is 0.168 e. The largest absolute Gasteiger partial charge is 0.488 e. The Morgan fingerprint density at radius 2 is 2.33 bits per heavy atom. The monoisotopic (exact) mass is 210 g/mol. The third-order valence-corrected chi connectivity index (χ3v) is 2.74. The van der Waals surface area contributed by atoms with Gasteiger partial charge in [0.1, 0.15) is 0 Å². The van der Waals surface area contributed by atoms with Gasteiger partial charge in [-0.1, -0.05) is 19.6 Å². The van der Waals surface area contributed by atoms with Crippen LogP contribution in [-0.4, -0.2) is 6.10 Å². The molecule has 0 aromatic carbocycles. The van der Waals surface area contributed by atoms with Gasteiger partial charge in [-0.15, -0.1) is 0 Å². The lowest BCUT2D eigenvalue weighted by Gasteiger charge is -2.24. The van der Waals surface area contributed by atoms with Crippen LogP contribution in [0.25, 0.3) is 0 Å². The Balaban J connectivity index is 3.04. The van der Waals surface area contributed by atoms with E-state index in [2.05, 4.69) is 6.58 Å². The highest BCUT2D eigenvalue weighted by molar-refractivity contribution is 5.35. The Kier molecular flexibility index (Phi) is 4.13. The van der Waals surface area contributed by atoms with Gasteiger partial charge in [0.15, 0.2) is 11.6 Å². The van der Waals surface area contributed by atoms with Crippen molar-refractivity contribution in [2.75, 3.05) is 0 Å². The number of ether oxygens (including phenoxy) is 1. The minimum Gasteiger partial charge on any atom is -0.488 e. The zero-order valence-corrected chi connectivity index (χ0v) is 9.77. The molecule has 1 nitrogen and oxygen atoms in total. The third-order valence-electron chi connectivity index (χ3n) is 2.74. The Hall–Kier alpha value is -1.05. The van der Waals surface area contributed by atoms with Crippen molar-refractivity contribution in [3.63, 3.8) is 0 Å². The van der Waals surface area contributed by atoms with Crippen LogP contribution < -0.4 is 0 Å². The molecule has 0 N–H and O–H groups in total. The number of halogens is 1. The molecule has 0 aromatic heterocycles. The summed E-state index contributed by atoms with van der Waals surface area (Å²) in [7, 11) is 0. The molecule has 0 fully saturated rings. The lowest BCUT2D eigenvalue weighted by atomic mass is 10.0. The van der Waals surface area contributed by atoms with Crippen LogP contribution >= 0.6 is 0 Å². The van der Waals surface area contributed by atoms with Crippen molar-refractivity contribution >= 4 is 0 Å². The Bertz CT molecular complexity index is 312. The molecule has 0 saturated carbocycles. The van der Waals surface area contributed by atoms with E-state index in [0.717, 1.165) is 18.4 Å². The van der Waals surface area contributed by atoms with Crippen molar-refractivity contribution in [2.45, 2.75) is 46.1 Å². The highest BCUT2D eigenvalue weighted by Crippen LogP contribution is 2.31. The molecule has 1 rings (SSSR count). The van der Waals surface area contributed by atoms with Gasteiger partial charge in [-0.3, -0.25) is 0 Å². The van der Waals surface area contributed by atoms with Crippen LogP contribution in [0.4, 0.5) is 4.39 Å². The highest BCUT2D eigenvalue weighted by Gasteiger charge is 2.21. The van der Waals surface area contributed by atoms with Crippen LogP contribution in [0, 0.1) is 0 Å². The summed E-state index contributed by atoms with van der Waals surface area (Å²) < 4.78 is 19.5. The lowest BCUT2D eigenvalue weighted by molar-refractivity contribution is 0.105. The maximum absolute atomic E-state index is 14.0. The quantitative estimate of drug-likeness (QED) is 0.632. The first-order chi connectivity index (χ1) is 7.10. The summed E-state index contributed by atoms with van der Waals surface area (Å²) in [5, 5.41) is 0. The fourth-order valence-corrected chi connectivity index (χ4v) is 1.67. The number of rotatable bonds is 3. The molecule has 0 spiro atoms. The van der Waals surface area contributed by atoms with Crippen molar-refractivity contribution in [1.82, 2.24) is 0 Å². The molecule has 1 aliphatic heterocycles. The molecule has 1 unspecified atom stereocenters. The van der Waals surface area contributed by atoms with Gasteiger partial charge in [-0.25, -0.2) is 4.39 Å². The van der Waals surface area contributed by atoms with E-state index >= 15 is 0 Å². The predicted octanol–water partition coefficient (Wildman–Crippen LogP) is 4.28. The number of allylic oxidation sites excluding steroid dienone is 4. The highest BCUT2D eigenvalue weighted by atomic mass is 19.1. The first-order valence-electron chi connectivity index (χ1n) is 5.48. The summed E-state index contributed by atoms with van der Waals surface area (Å²) in [6, 6.07) is 0. The summed E-state index contributed by atoms with van der Waals surface area (Å²) in [6.45, 7) is 9.43. The topological polar surface area (TPSA) is 9.23 Å². The summed E-state index contributed by atoms with van der Waals surface area (Å²) in [5.41, 5.74) is 1.62. The molecular weight excluding hydrogens is 191 g/mol. The van der Waals surface area contributed by atoms with Gasteiger partial charge in [0.05, 0.1) is 6.10 Å². The van der Waals surface area contributed by atoms with Gasteiger partial charge in [0.25, 0.3) is 0 Å². The molecular formula is C13H19FO. The molecule has 1 heterocycles. The molecule has 0 amide bonds. The molecule has 0 saturated heterocycles. The molecule has 1 atom stereocenters. The predicted molar refractivity (Wildman–Crippen MR) is 61.1 cm³/mol. The van der Waals surface area contributed by atoms with E-state index in [1.807, 2.05) is 20.8 Å². The number of hydrogen-bond acceptors (Lipinski definition) is 1. The Labute approximate surface area is 91.3 Å². The van der Waals surface area contributed by atoms with Gasteiger partial charge in [0, 0.05) is 0 Å². The fraction of sp³-hybridized carbons (Fsp3) is 0.538. The molecule has 1 aliphatic rings. The normalized spacial score (nSPS) is 23.3. The van der Waals surface area contributed by atoms with Crippen molar-refractivity contribution in [3.8, 4) is 0 Å². The minimum absolute atomic E-state index is 0.109. The summed E-state index contributed by atoms with van der Waals surface area (Å²) in [4.78, 5) is 0. The van der Waals surface area contributed by atoms with E-state index in [-0.39, 0.29) is 11.9 Å². The molecule has 15 heavy (non-hydrogen) atoms. The fourth-order valence-electron chi connectivity index (χ4n) is 1.67. The second-order valence-electron chi connectivity index (χ2n) is 3.97. The van der Waals surface area contributed by atoms with Crippen LogP contribution in [0.15, 0.2) is 35.4 Å². The zero-order chi connectivity index (χ0) is 11.4. The maximum Gasteiger partial charge on any atom is 0.168 e. The standard InChI is InChI=1S/C13H19FO/c1-5-11(6-2)12(14)13-9(3)7-8-10(4)15-13/h5,10H,1,6-8H2,2-4H3. The molecule has 0 radical (unpaired) electrons. The average Bonchev–Trinajstić information content (AvgIpc) is 2.23. The molecule has 2 heteroatoms. The molecule has 0 aliphatic carbocycles. The second-order valence-corrected chi connectivity index (χ2v) is 3.97. The Morgan fingerprint density at radius 1 is 1.67 bits per heavy atom. The van der Waals surface area contributed by atoms with Gasteiger partial charge in [-0.05, 0) is 44.3 Å². The minimum atomic E-state index is -0.239. The van der Waals surface area contributed by atoms with Crippen LogP contribution in [-0.2, 0) is 4.74 Å². The van der Waals surface area contributed by atoms with E-state index in [9.17, 15) is 4.39 Å². The van der Waals surface area contributed by atoms with Crippen LogP contribution in [0.1, 0.15) is 40.0 Å². The zero-order valence-electron chi connectivity index (χ0n) is 9.77. The number of hydrogen-bond donors (Lipinski definition) is 0. The van der Waals surface area contributed by atoms with Crippen molar-refractivity contribution < 1.29 is 9.13 Å². The molecule has 0 aromatic rings. The molecule has 0 bridgehead atoms. The van der Waals surface area contributed by atoms with Gasteiger partial charge in [0.2, 0.25) is 0 Å². The Morgan fingerprint density at radius 3 is 2.87 bits per heavy atom. The van der Waals surface area contributed by atoms with Crippen molar-refractivity contribution in [1.29, 1.82) is 0 Å². The van der Waals surface area contributed by atoms with E-state index in [4.69, 9.17) is 4.74 Å². The van der Waals surface area contributed by atoms with Gasteiger partial charge < -0.3 is 4.74 Å². The van der Waals surface area contributed by atoms with Gasteiger partial charge >= 0.3 is 0 Å². The van der Waals surface area contributed by atoms with Crippen LogP contribution in [0.2, 0.25) is 0 Å². The first-order valence-corrected chi connectivity index (χ1v) is 5.48. The van der Waals surface area contributed by atoms with Crippen LogP contribution in [0.3, 0.4) is 0 Å². The van der Waals surface area contributed by atoms with Crippen molar-refractivity contribution in [2.24, 2.45) is 0 Å². The van der Waals surface area contributed by atoms with E-state index < -0.39 is 0 Å². The summed E-state index contributed by atoms with van der Waals surface area (Å²) >= 11 is 0. The van der Waals surface area contributed by atoms with Crippen LogP contribution in [0.5, 0.6) is 0 Å². The van der Waals surface area contributed by atoms with E-state index in [0.29, 0.717) is 17.8 Å². The lowest BCUT2D eigenvalue weighted by Crippen LogP contribution is -2.15. The third kappa shape index (κ3) is 2.71. The van der Waals surface area contributed by atoms with E-state index in [1.54, 1.807) is 6.08 Å².